The molecule has 0 fully saturated rings. The summed E-state index contributed by atoms with van der Waals surface area (Å²) in [5.41, 5.74) is 1.95. The van der Waals surface area contributed by atoms with Crippen LogP contribution in [0.5, 0.6) is 5.75 Å². The third kappa shape index (κ3) is 4.52. The summed E-state index contributed by atoms with van der Waals surface area (Å²) in [6.07, 6.45) is 1.78. The molecule has 0 spiro atoms. The highest BCUT2D eigenvalue weighted by Crippen LogP contribution is 2.30. The summed E-state index contributed by atoms with van der Waals surface area (Å²) < 4.78 is 60.0. The Labute approximate surface area is 198 Å². The molecule has 1 aromatic heterocycles. The van der Waals surface area contributed by atoms with Crippen molar-refractivity contribution >= 4 is 37.8 Å². The lowest BCUT2D eigenvalue weighted by Gasteiger charge is -2.19. The third-order valence-corrected chi connectivity index (χ3v) is 7.25. The van der Waals surface area contributed by atoms with Gasteiger partial charge in [-0.05, 0) is 54.6 Å². The molecule has 0 saturated carbocycles. The average Bonchev–Trinajstić information content (AvgIpc) is 3.26. The average molecular weight is 497 g/mol. The van der Waals surface area contributed by atoms with Crippen LogP contribution in [-0.4, -0.2) is 35.9 Å². The lowest BCUT2D eigenvalue weighted by Crippen LogP contribution is -2.18. The number of hydrogen-bond donors (Lipinski definition) is 0. The van der Waals surface area contributed by atoms with E-state index >= 15 is 0 Å². The summed E-state index contributed by atoms with van der Waals surface area (Å²) in [6, 6.07) is 19.6. The smallest absolute Gasteiger partial charge is 0.206 e. The molecule has 4 rings (SSSR count). The van der Waals surface area contributed by atoms with Crippen molar-refractivity contribution < 1.29 is 26.2 Å². The van der Waals surface area contributed by atoms with Crippen LogP contribution in [-0.2, 0) is 25.5 Å². The van der Waals surface area contributed by atoms with Crippen LogP contribution >= 0.6 is 0 Å². The number of fused-ring (bicyclic) bond motifs is 1. The summed E-state index contributed by atoms with van der Waals surface area (Å²) in [6.45, 7) is 0. The second kappa shape index (κ2) is 9.28. The van der Waals surface area contributed by atoms with E-state index in [2.05, 4.69) is 4.28 Å². The molecule has 3 aromatic carbocycles. The fourth-order valence-electron chi connectivity index (χ4n) is 3.52. The van der Waals surface area contributed by atoms with Gasteiger partial charge in [-0.25, -0.2) is 17.7 Å². The maximum atomic E-state index is 13.3. The van der Waals surface area contributed by atoms with Crippen LogP contribution in [0.15, 0.2) is 82.7 Å². The summed E-state index contributed by atoms with van der Waals surface area (Å²) >= 11 is -2.72. The SMILES string of the molecule is COc1cc(C#N)cc(S(=O)(=O)c2cccc(-n3ccc4ccc(N(C)OS(=O)[O-])cc43)c2)c1. The monoisotopic (exact) mass is 496 g/mol. The first kappa shape index (κ1) is 23.5. The first-order valence-electron chi connectivity index (χ1n) is 9.80. The van der Waals surface area contributed by atoms with Gasteiger partial charge in [0.1, 0.15) is 17.1 Å². The van der Waals surface area contributed by atoms with Gasteiger partial charge in [0, 0.05) is 24.3 Å². The Hall–Kier alpha value is -3.69. The highest BCUT2D eigenvalue weighted by molar-refractivity contribution is 7.91. The molecule has 0 saturated heterocycles. The van der Waals surface area contributed by atoms with Crippen molar-refractivity contribution in [3.05, 3.63) is 78.5 Å². The summed E-state index contributed by atoms with van der Waals surface area (Å²) in [4.78, 5) is -0.00746. The second-order valence-corrected chi connectivity index (χ2v) is 9.72. The Kier molecular flexibility index (Phi) is 6.41. The van der Waals surface area contributed by atoms with Gasteiger partial charge in [-0.2, -0.15) is 9.55 Å². The number of nitriles is 1. The predicted molar refractivity (Wildman–Crippen MR) is 125 cm³/mol. The van der Waals surface area contributed by atoms with E-state index in [0.717, 1.165) is 10.4 Å². The number of rotatable bonds is 7. The standard InChI is InChI=1S/C23H19N3O6S2/c1-25(32-33(27)28)18-7-6-17-8-9-26(23(17)13-18)19-4-3-5-21(12-19)34(29,30)22-11-16(15-24)10-20(14-22)31-2/h3-14H,1-2H3,(H,27,28)/p-1. The molecule has 0 aliphatic carbocycles. The van der Waals surface area contributed by atoms with Crippen molar-refractivity contribution in [2.75, 3.05) is 19.2 Å². The van der Waals surface area contributed by atoms with Gasteiger partial charge in [-0.3, -0.25) is 0 Å². The van der Waals surface area contributed by atoms with Gasteiger partial charge in [0.25, 0.3) is 0 Å². The number of sulfone groups is 1. The molecule has 0 aliphatic rings. The van der Waals surface area contributed by atoms with Crippen LogP contribution < -0.4 is 9.80 Å². The highest BCUT2D eigenvalue weighted by atomic mass is 32.2. The van der Waals surface area contributed by atoms with E-state index in [1.165, 1.54) is 44.5 Å². The number of methoxy groups -OCH3 is 1. The minimum absolute atomic E-state index is 0.0438. The van der Waals surface area contributed by atoms with Crippen LogP contribution in [0.25, 0.3) is 16.6 Å². The normalized spacial score (nSPS) is 12.3. The Morgan fingerprint density at radius 1 is 1.06 bits per heavy atom. The van der Waals surface area contributed by atoms with Gasteiger partial charge >= 0.3 is 0 Å². The third-order valence-electron chi connectivity index (χ3n) is 5.17. The second-order valence-electron chi connectivity index (χ2n) is 7.21. The minimum atomic E-state index is -3.95. The minimum Gasteiger partial charge on any atom is -0.748 e. The van der Waals surface area contributed by atoms with E-state index in [1.807, 2.05) is 12.1 Å². The number of aromatic nitrogens is 1. The Morgan fingerprint density at radius 3 is 2.56 bits per heavy atom. The Balaban J connectivity index is 1.79. The summed E-state index contributed by atoms with van der Waals surface area (Å²) in [5.74, 6) is 0.267. The van der Waals surface area contributed by atoms with E-state index in [1.54, 1.807) is 41.1 Å². The van der Waals surface area contributed by atoms with Gasteiger partial charge < -0.3 is 13.9 Å². The molecular formula is C23H18N3O6S2-. The largest absolute Gasteiger partial charge is 0.748 e. The molecule has 1 atom stereocenters. The van der Waals surface area contributed by atoms with E-state index in [0.29, 0.717) is 16.9 Å². The van der Waals surface area contributed by atoms with E-state index in [9.17, 15) is 22.4 Å². The van der Waals surface area contributed by atoms with Crippen molar-refractivity contribution in [1.82, 2.24) is 4.57 Å². The zero-order chi connectivity index (χ0) is 24.5. The Bertz CT molecular complexity index is 1560. The molecule has 1 unspecified atom stereocenters. The molecule has 9 nitrogen and oxygen atoms in total. The summed E-state index contributed by atoms with van der Waals surface area (Å²) in [7, 11) is -1.09. The van der Waals surface area contributed by atoms with Crippen molar-refractivity contribution in [1.29, 1.82) is 5.26 Å². The highest BCUT2D eigenvalue weighted by Gasteiger charge is 2.20. The lowest BCUT2D eigenvalue weighted by molar-refractivity contribution is 0.289. The van der Waals surface area contributed by atoms with E-state index in [-0.39, 0.29) is 21.1 Å². The molecular weight excluding hydrogens is 478 g/mol. The number of anilines is 1. The van der Waals surface area contributed by atoms with Gasteiger partial charge in [0.2, 0.25) is 9.84 Å². The molecule has 4 aromatic rings. The first-order chi connectivity index (χ1) is 16.2. The molecule has 0 N–H and O–H groups in total. The number of benzene rings is 3. The molecule has 0 amide bonds. The van der Waals surface area contributed by atoms with Crippen LogP contribution in [0.2, 0.25) is 0 Å². The van der Waals surface area contributed by atoms with Gasteiger partial charge in [0.05, 0.1) is 39.7 Å². The van der Waals surface area contributed by atoms with Crippen molar-refractivity contribution in [2.45, 2.75) is 9.79 Å². The molecule has 34 heavy (non-hydrogen) atoms. The van der Waals surface area contributed by atoms with Crippen LogP contribution in [0.4, 0.5) is 5.69 Å². The number of ether oxygens (including phenoxy) is 1. The summed E-state index contributed by atoms with van der Waals surface area (Å²) in [5, 5.41) is 11.2. The van der Waals surface area contributed by atoms with Crippen molar-refractivity contribution in [3.8, 4) is 17.5 Å². The van der Waals surface area contributed by atoms with Gasteiger partial charge in [-0.15, -0.1) is 0 Å². The Morgan fingerprint density at radius 2 is 1.85 bits per heavy atom. The molecule has 0 bridgehead atoms. The lowest BCUT2D eigenvalue weighted by atomic mass is 10.2. The zero-order valence-electron chi connectivity index (χ0n) is 18.0. The molecule has 174 valence electrons. The fraction of sp³-hybridized carbons (Fsp3) is 0.0870. The van der Waals surface area contributed by atoms with E-state index < -0.39 is 21.2 Å². The van der Waals surface area contributed by atoms with Crippen LogP contribution in [0, 0.1) is 11.3 Å². The van der Waals surface area contributed by atoms with E-state index in [4.69, 9.17) is 4.74 Å². The quantitative estimate of drug-likeness (QED) is 0.281. The fourth-order valence-corrected chi connectivity index (χ4v) is 5.15. The number of nitrogens with zero attached hydrogens (tertiary/aromatic N) is 3. The van der Waals surface area contributed by atoms with Crippen molar-refractivity contribution in [2.24, 2.45) is 0 Å². The van der Waals surface area contributed by atoms with Gasteiger partial charge in [0.15, 0.2) is 0 Å². The van der Waals surface area contributed by atoms with Crippen LogP contribution in [0.1, 0.15) is 5.56 Å². The van der Waals surface area contributed by atoms with Crippen molar-refractivity contribution in [3.63, 3.8) is 0 Å². The molecule has 11 heteroatoms. The molecule has 0 aliphatic heterocycles. The molecule has 1 heterocycles. The number of hydroxylamine groups is 1. The maximum Gasteiger partial charge on any atom is 0.206 e. The number of hydrogen-bond acceptors (Lipinski definition) is 8. The topological polar surface area (TPSA) is 125 Å². The van der Waals surface area contributed by atoms with Gasteiger partial charge in [-0.1, -0.05) is 12.1 Å². The zero-order valence-corrected chi connectivity index (χ0v) is 19.7. The van der Waals surface area contributed by atoms with Crippen LogP contribution in [0.3, 0.4) is 0 Å². The molecule has 0 radical (unpaired) electrons. The predicted octanol–water partition coefficient (Wildman–Crippen LogP) is 3.51. The maximum absolute atomic E-state index is 13.3. The first-order valence-corrected chi connectivity index (χ1v) is 12.3.